The number of benzene rings is 2. The van der Waals surface area contributed by atoms with Gasteiger partial charge in [0.15, 0.2) is 0 Å². The topological polar surface area (TPSA) is 34.1 Å². The minimum atomic E-state index is -0.499. The predicted molar refractivity (Wildman–Crippen MR) is 107 cm³/mol. The van der Waals surface area contributed by atoms with Crippen molar-refractivity contribution < 1.29 is 9.59 Å². The van der Waals surface area contributed by atoms with Crippen LogP contribution in [0.15, 0.2) is 24.3 Å². The second kappa shape index (κ2) is 8.74. The van der Waals surface area contributed by atoms with Gasteiger partial charge in [-0.05, 0) is 45.9 Å². The van der Waals surface area contributed by atoms with Crippen molar-refractivity contribution in [1.82, 2.24) is 0 Å². The van der Waals surface area contributed by atoms with Crippen LogP contribution in [0, 0.1) is 0 Å². The Morgan fingerprint density at radius 2 is 0.833 bits per heavy atom. The van der Waals surface area contributed by atoms with Crippen LogP contribution in [-0.4, -0.2) is 10.2 Å². The van der Waals surface area contributed by atoms with E-state index in [2.05, 4.69) is 0 Å². The maximum Gasteiger partial charge on any atom is 0.233 e. The van der Waals surface area contributed by atoms with Gasteiger partial charge in [0.1, 0.15) is 0 Å². The number of rotatable bonds is 2. The summed E-state index contributed by atoms with van der Waals surface area (Å²) in [5.41, 5.74) is 0.141. The molecule has 0 saturated carbocycles. The fourth-order valence-electron chi connectivity index (χ4n) is 1.63. The molecule has 0 aliphatic heterocycles. The smallest absolute Gasteiger partial charge is 0.233 e. The monoisotopic (exact) mass is 478 g/mol. The number of carbonyl (C=O) groups excluding carboxylic acids is 2. The lowest BCUT2D eigenvalue weighted by molar-refractivity contribution is 0.107. The Morgan fingerprint density at radius 3 is 1.08 bits per heavy atom. The summed E-state index contributed by atoms with van der Waals surface area (Å²) in [7, 11) is 1.31. The van der Waals surface area contributed by atoms with Crippen LogP contribution in [-0.2, 0) is 0 Å². The predicted octanol–water partition coefficient (Wildman–Crippen LogP) is 7.97. The Hall–Kier alpha value is 0.220. The van der Waals surface area contributed by atoms with Crippen LogP contribution in [0.2, 0.25) is 30.1 Å². The van der Waals surface area contributed by atoms with E-state index in [4.69, 9.17) is 69.6 Å². The summed E-state index contributed by atoms with van der Waals surface area (Å²) in [6.45, 7) is 0. The Bertz CT molecular complexity index is 724. The molecule has 126 valence electrons. The van der Waals surface area contributed by atoms with E-state index in [0.29, 0.717) is 31.6 Å². The lowest BCUT2D eigenvalue weighted by Crippen LogP contribution is -1.99. The van der Waals surface area contributed by atoms with Crippen LogP contribution < -0.4 is 0 Å². The van der Waals surface area contributed by atoms with E-state index >= 15 is 0 Å². The van der Waals surface area contributed by atoms with Crippen LogP contribution in [0.25, 0.3) is 0 Å². The molecule has 0 aromatic heterocycles. The van der Waals surface area contributed by atoms with Gasteiger partial charge in [0.2, 0.25) is 10.2 Å². The van der Waals surface area contributed by atoms with Crippen molar-refractivity contribution in [1.29, 1.82) is 0 Å². The van der Waals surface area contributed by atoms with Crippen LogP contribution in [0.1, 0.15) is 20.7 Å². The summed E-state index contributed by atoms with van der Waals surface area (Å²) in [4.78, 5) is 24.5. The number of hydrogen-bond donors (Lipinski definition) is 0. The molecular formula is C14H4Cl6O2S2. The van der Waals surface area contributed by atoms with Gasteiger partial charge in [-0.1, -0.05) is 69.6 Å². The van der Waals surface area contributed by atoms with Crippen molar-refractivity contribution in [3.63, 3.8) is 0 Å². The Labute approximate surface area is 175 Å². The zero-order valence-corrected chi connectivity index (χ0v) is 17.4. The highest BCUT2D eigenvalue weighted by Gasteiger charge is 2.22. The van der Waals surface area contributed by atoms with E-state index in [9.17, 15) is 9.59 Å². The van der Waals surface area contributed by atoms with Crippen molar-refractivity contribution in [2.75, 3.05) is 0 Å². The average molecular weight is 481 g/mol. The van der Waals surface area contributed by atoms with Crippen LogP contribution >= 0.6 is 91.2 Å². The molecule has 10 heteroatoms. The van der Waals surface area contributed by atoms with Crippen molar-refractivity contribution in [3.8, 4) is 0 Å². The normalized spacial score (nSPS) is 10.8. The molecule has 0 bridgehead atoms. The largest absolute Gasteiger partial charge is 0.281 e. The lowest BCUT2D eigenvalue weighted by atomic mass is 10.2. The molecule has 2 rings (SSSR count). The van der Waals surface area contributed by atoms with Gasteiger partial charge in [-0.2, -0.15) is 0 Å². The highest BCUT2D eigenvalue weighted by Crippen LogP contribution is 2.39. The standard InChI is InChI=1S/C14H4Cl6O2S2/c15-5-1-7(17)11(8(18)2-5)13(21)23-24-14(22)12-9(19)3-6(16)4-10(12)20/h1-4H. The van der Waals surface area contributed by atoms with Gasteiger partial charge in [-0.15, -0.1) is 0 Å². The third kappa shape index (κ3) is 4.89. The van der Waals surface area contributed by atoms with Crippen LogP contribution in [0.4, 0.5) is 0 Å². The van der Waals surface area contributed by atoms with E-state index in [1.54, 1.807) is 0 Å². The maximum atomic E-state index is 12.2. The van der Waals surface area contributed by atoms with Gasteiger partial charge in [0, 0.05) is 10.0 Å². The zero-order valence-electron chi connectivity index (χ0n) is 11.2. The molecule has 0 fully saturated rings. The van der Waals surface area contributed by atoms with Gasteiger partial charge < -0.3 is 0 Å². The summed E-state index contributed by atoms with van der Waals surface area (Å²) < 4.78 is 0. The average Bonchev–Trinajstić information content (AvgIpc) is 2.42. The second-order valence-electron chi connectivity index (χ2n) is 4.23. The van der Waals surface area contributed by atoms with Gasteiger partial charge in [0.05, 0.1) is 31.2 Å². The molecule has 0 amide bonds. The number of carbonyl (C=O) groups is 2. The summed E-state index contributed by atoms with van der Waals surface area (Å²) in [6, 6.07) is 5.56. The molecule has 2 aromatic carbocycles. The molecule has 0 N–H and O–H groups in total. The Morgan fingerprint density at radius 1 is 0.583 bits per heavy atom. The minimum absolute atomic E-state index is 0.0707. The van der Waals surface area contributed by atoms with Crippen molar-refractivity contribution in [3.05, 3.63) is 65.5 Å². The first kappa shape index (κ1) is 20.5. The van der Waals surface area contributed by atoms with Crippen molar-refractivity contribution in [2.24, 2.45) is 0 Å². The van der Waals surface area contributed by atoms with Gasteiger partial charge in [0.25, 0.3) is 0 Å². The zero-order chi connectivity index (χ0) is 18.0. The first-order valence-corrected chi connectivity index (χ1v) is 10.3. The van der Waals surface area contributed by atoms with Gasteiger partial charge in [-0.25, -0.2) is 0 Å². The summed E-state index contributed by atoms with van der Waals surface area (Å²) >= 11 is 35.5. The SMILES string of the molecule is O=C(SSC(=O)c1c(Cl)cc(Cl)cc1Cl)c1c(Cl)cc(Cl)cc1Cl. The first-order valence-electron chi connectivity index (χ1n) is 5.93. The number of hydrogen-bond acceptors (Lipinski definition) is 4. The summed E-state index contributed by atoms with van der Waals surface area (Å²) in [5.74, 6) is 0. The third-order valence-electron chi connectivity index (χ3n) is 2.62. The molecule has 0 aliphatic rings. The molecule has 0 aliphatic carbocycles. The van der Waals surface area contributed by atoms with Gasteiger partial charge in [-0.3, -0.25) is 9.59 Å². The quantitative estimate of drug-likeness (QED) is 0.408. The Balaban J connectivity index is 2.17. The van der Waals surface area contributed by atoms with Crippen LogP contribution in [0.5, 0.6) is 0 Å². The molecule has 0 heterocycles. The molecule has 0 atom stereocenters. The van der Waals surface area contributed by atoms with E-state index in [-0.39, 0.29) is 31.2 Å². The molecule has 0 radical (unpaired) electrons. The van der Waals surface area contributed by atoms with E-state index < -0.39 is 10.2 Å². The molecule has 2 aromatic rings. The van der Waals surface area contributed by atoms with Gasteiger partial charge >= 0.3 is 0 Å². The minimum Gasteiger partial charge on any atom is -0.281 e. The second-order valence-corrected chi connectivity index (χ2v) is 8.81. The van der Waals surface area contributed by atoms with Crippen molar-refractivity contribution >= 4 is 101 Å². The molecule has 0 unspecified atom stereocenters. The third-order valence-corrected chi connectivity index (χ3v) is 6.20. The molecule has 0 spiro atoms. The first-order chi connectivity index (χ1) is 11.2. The summed E-state index contributed by atoms with van der Waals surface area (Å²) in [5, 5.41) is -0.00473. The fraction of sp³-hybridized carbons (Fsp3) is 0. The number of halogens is 6. The maximum absolute atomic E-state index is 12.2. The van der Waals surface area contributed by atoms with Crippen molar-refractivity contribution in [2.45, 2.75) is 0 Å². The molecule has 0 saturated heterocycles. The van der Waals surface area contributed by atoms with E-state index in [0.717, 1.165) is 0 Å². The summed E-state index contributed by atoms with van der Waals surface area (Å²) in [6.07, 6.45) is 0. The van der Waals surface area contributed by atoms with E-state index in [1.165, 1.54) is 24.3 Å². The highest BCUT2D eigenvalue weighted by atomic mass is 35.5. The Kier molecular flexibility index (Phi) is 7.48. The van der Waals surface area contributed by atoms with E-state index in [1.807, 2.05) is 0 Å². The molecule has 2 nitrogen and oxygen atoms in total. The lowest BCUT2D eigenvalue weighted by Gasteiger charge is -2.07. The fourth-order valence-corrected chi connectivity index (χ4v) is 5.55. The highest BCUT2D eigenvalue weighted by molar-refractivity contribution is 8.87. The molecular weight excluding hydrogens is 477 g/mol. The van der Waals surface area contributed by atoms with Crippen LogP contribution in [0.3, 0.4) is 0 Å². The molecule has 24 heavy (non-hydrogen) atoms.